The molecule has 1 atom stereocenters. The number of rotatable bonds is 6. The standard InChI is InChI=1S/C19H27N3O4/c1-14(2)26-17(23)10-11-20-18(24)15-7-6-12-22(13-15)19(25)21-16-8-4-3-5-9-16/h3-5,8-9,14-15H,6-7,10-13H2,1-2H3,(H,20,24)(H,21,25)/t15-/m0/s1. The van der Waals surface area contributed by atoms with Gasteiger partial charge in [-0.25, -0.2) is 4.79 Å². The van der Waals surface area contributed by atoms with Crippen molar-refractivity contribution < 1.29 is 19.1 Å². The lowest BCUT2D eigenvalue weighted by Crippen LogP contribution is -2.47. The van der Waals surface area contributed by atoms with Crippen LogP contribution in [-0.4, -0.2) is 48.5 Å². The van der Waals surface area contributed by atoms with E-state index in [9.17, 15) is 14.4 Å². The molecule has 0 aromatic heterocycles. The highest BCUT2D eigenvalue weighted by Gasteiger charge is 2.28. The average molecular weight is 361 g/mol. The number of carbonyl (C=O) groups excluding carboxylic acids is 3. The third-order valence-electron chi connectivity index (χ3n) is 4.10. The minimum atomic E-state index is -0.326. The van der Waals surface area contributed by atoms with Gasteiger partial charge in [0.15, 0.2) is 0 Å². The Balaban J connectivity index is 1.77. The van der Waals surface area contributed by atoms with Gasteiger partial charge in [0.25, 0.3) is 0 Å². The highest BCUT2D eigenvalue weighted by Crippen LogP contribution is 2.18. The summed E-state index contributed by atoms with van der Waals surface area (Å²) in [7, 11) is 0. The highest BCUT2D eigenvalue weighted by molar-refractivity contribution is 5.90. The zero-order valence-electron chi connectivity index (χ0n) is 15.4. The van der Waals surface area contributed by atoms with Crippen LogP contribution in [0.3, 0.4) is 0 Å². The van der Waals surface area contributed by atoms with Crippen LogP contribution in [0.2, 0.25) is 0 Å². The Labute approximate surface area is 154 Å². The van der Waals surface area contributed by atoms with Crippen LogP contribution in [0.1, 0.15) is 33.1 Å². The predicted molar refractivity (Wildman–Crippen MR) is 98.6 cm³/mol. The maximum absolute atomic E-state index is 12.4. The molecule has 0 bridgehead atoms. The molecule has 0 spiro atoms. The van der Waals surface area contributed by atoms with Crippen LogP contribution in [0.15, 0.2) is 30.3 Å². The number of likely N-dealkylation sites (tertiary alicyclic amines) is 1. The van der Waals surface area contributed by atoms with Crippen molar-refractivity contribution in [1.82, 2.24) is 10.2 Å². The van der Waals surface area contributed by atoms with Crippen LogP contribution in [0.5, 0.6) is 0 Å². The third kappa shape index (κ3) is 6.38. The zero-order valence-corrected chi connectivity index (χ0v) is 15.4. The number of urea groups is 1. The molecule has 1 aromatic rings. The van der Waals surface area contributed by atoms with Crippen molar-refractivity contribution in [3.8, 4) is 0 Å². The van der Waals surface area contributed by atoms with Crippen molar-refractivity contribution in [2.24, 2.45) is 5.92 Å². The van der Waals surface area contributed by atoms with Gasteiger partial charge in [-0.15, -0.1) is 0 Å². The SMILES string of the molecule is CC(C)OC(=O)CCNC(=O)[C@H]1CCCN(C(=O)Nc2ccccc2)C1. The molecule has 3 amide bonds. The van der Waals surface area contributed by atoms with Gasteiger partial charge < -0.3 is 20.3 Å². The van der Waals surface area contributed by atoms with Crippen LogP contribution in [0.4, 0.5) is 10.5 Å². The number of anilines is 1. The lowest BCUT2D eigenvalue weighted by molar-refractivity contribution is -0.147. The Kier molecular flexibility index (Phi) is 7.44. The molecular formula is C19H27N3O4. The summed E-state index contributed by atoms with van der Waals surface area (Å²) in [5.41, 5.74) is 0.729. The number of nitrogens with zero attached hydrogens (tertiary/aromatic N) is 1. The fraction of sp³-hybridized carbons (Fsp3) is 0.526. The molecule has 1 aliphatic rings. The Morgan fingerprint density at radius 3 is 2.65 bits per heavy atom. The van der Waals surface area contributed by atoms with Crippen molar-refractivity contribution in [3.05, 3.63) is 30.3 Å². The molecule has 0 aliphatic carbocycles. The largest absolute Gasteiger partial charge is 0.463 e. The van der Waals surface area contributed by atoms with Gasteiger partial charge in [0.1, 0.15) is 0 Å². The van der Waals surface area contributed by atoms with E-state index in [4.69, 9.17) is 4.74 Å². The molecule has 7 nitrogen and oxygen atoms in total. The molecule has 7 heteroatoms. The molecule has 2 rings (SSSR count). The minimum Gasteiger partial charge on any atom is -0.463 e. The van der Waals surface area contributed by atoms with Gasteiger partial charge in [-0.3, -0.25) is 9.59 Å². The third-order valence-corrected chi connectivity index (χ3v) is 4.10. The van der Waals surface area contributed by atoms with E-state index in [0.717, 1.165) is 18.5 Å². The monoisotopic (exact) mass is 361 g/mol. The first-order valence-corrected chi connectivity index (χ1v) is 9.04. The second-order valence-electron chi connectivity index (χ2n) is 6.66. The van der Waals surface area contributed by atoms with Crippen molar-refractivity contribution in [2.75, 3.05) is 25.0 Å². The molecular weight excluding hydrogens is 334 g/mol. The summed E-state index contributed by atoms with van der Waals surface area (Å²) < 4.78 is 5.03. The fourth-order valence-corrected chi connectivity index (χ4v) is 2.85. The van der Waals surface area contributed by atoms with Gasteiger partial charge in [-0.05, 0) is 38.8 Å². The number of amides is 3. The predicted octanol–water partition coefficient (Wildman–Crippen LogP) is 2.39. The Morgan fingerprint density at radius 1 is 1.23 bits per heavy atom. The molecule has 0 radical (unpaired) electrons. The summed E-state index contributed by atoms with van der Waals surface area (Å²) in [5, 5.41) is 5.61. The maximum atomic E-state index is 12.4. The molecule has 1 heterocycles. The van der Waals surface area contributed by atoms with Crippen molar-refractivity contribution >= 4 is 23.6 Å². The van der Waals surface area contributed by atoms with E-state index in [1.165, 1.54) is 0 Å². The Bertz CT molecular complexity index is 618. The second kappa shape index (κ2) is 9.79. The first-order chi connectivity index (χ1) is 12.5. The van der Waals surface area contributed by atoms with Gasteiger partial charge in [0.2, 0.25) is 5.91 Å². The highest BCUT2D eigenvalue weighted by atomic mass is 16.5. The zero-order chi connectivity index (χ0) is 18.9. The topological polar surface area (TPSA) is 87.7 Å². The minimum absolute atomic E-state index is 0.125. The number of hydrogen-bond donors (Lipinski definition) is 2. The summed E-state index contributed by atoms with van der Waals surface area (Å²) in [4.78, 5) is 37.8. The molecule has 26 heavy (non-hydrogen) atoms. The van der Waals surface area contributed by atoms with Gasteiger partial charge >= 0.3 is 12.0 Å². The van der Waals surface area contributed by atoms with Crippen LogP contribution >= 0.6 is 0 Å². The van der Waals surface area contributed by atoms with E-state index in [1.54, 1.807) is 18.7 Å². The van der Waals surface area contributed by atoms with E-state index in [1.807, 2.05) is 30.3 Å². The number of nitrogens with one attached hydrogen (secondary N) is 2. The molecule has 1 aliphatic heterocycles. The average Bonchev–Trinajstić information content (AvgIpc) is 2.62. The van der Waals surface area contributed by atoms with Crippen LogP contribution in [0.25, 0.3) is 0 Å². The summed E-state index contributed by atoms with van der Waals surface area (Å²) >= 11 is 0. The Morgan fingerprint density at radius 2 is 1.96 bits per heavy atom. The van der Waals surface area contributed by atoms with Gasteiger partial charge in [-0.1, -0.05) is 18.2 Å². The first kappa shape index (κ1) is 19.8. The number of benzene rings is 1. The van der Waals surface area contributed by atoms with Gasteiger partial charge in [-0.2, -0.15) is 0 Å². The quantitative estimate of drug-likeness (QED) is 0.762. The maximum Gasteiger partial charge on any atom is 0.321 e. The fourth-order valence-electron chi connectivity index (χ4n) is 2.85. The molecule has 0 unspecified atom stereocenters. The number of hydrogen-bond acceptors (Lipinski definition) is 4. The summed E-state index contributed by atoms with van der Waals surface area (Å²) in [6, 6.07) is 9.03. The first-order valence-electron chi connectivity index (χ1n) is 9.04. The molecule has 0 saturated carbocycles. The number of piperidine rings is 1. The van der Waals surface area contributed by atoms with E-state index in [0.29, 0.717) is 13.1 Å². The van der Waals surface area contributed by atoms with E-state index in [-0.39, 0.29) is 42.9 Å². The van der Waals surface area contributed by atoms with E-state index in [2.05, 4.69) is 10.6 Å². The number of carbonyl (C=O) groups is 3. The number of esters is 1. The molecule has 2 N–H and O–H groups in total. The van der Waals surface area contributed by atoms with Crippen molar-refractivity contribution in [1.29, 1.82) is 0 Å². The molecule has 142 valence electrons. The summed E-state index contributed by atoms with van der Waals surface area (Å²) in [5.74, 6) is -0.709. The smallest absolute Gasteiger partial charge is 0.321 e. The van der Waals surface area contributed by atoms with E-state index < -0.39 is 0 Å². The van der Waals surface area contributed by atoms with Crippen LogP contribution in [-0.2, 0) is 14.3 Å². The van der Waals surface area contributed by atoms with Crippen molar-refractivity contribution in [3.63, 3.8) is 0 Å². The van der Waals surface area contributed by atoms with Crippen molar-refractivity contribution in [2.45, 2.75) is 39.2 Å². The number of para-hydroxylation sites is 1. The lowest BCUT2D eigenvalue weighted by atomic mass is 9.97. The summed E-state index contributed by atoms with van der Waals surface area (Å²) in [6.45, 7) is 4.82. The van der Waals surface area contributed by atoms with Gasteiger partial charge in [0, 0.05) is 25.3 Å². The molecule has 1 saturated heterocycles. The van der Waals surface area contributed by atoms with E-state index >= 15 is 0 Å². The Hall–Kier alpha value is -2.57. The molecule has 1 aromatic carbocycles. The molecule has 1 fully saturated rings. The number of ether oxygens (including phenoxy) is 1. The van der Waals surface area contributed by atoms with Crippen LogP contribution in [0, 0.1) is 5.92 Å². The van der Waals surface area contributed by atoms with Crippen LogP contribution < -0.4 is 10.6 Å². The van der Waals surface area contributed by atoms with Gasteiger partial charge in [0.05, 0.1) is 18.4 Å². The second-order valence-corrected chi connectivity index (χ2v) is 6.66. The lowest BCUT2D eigenvalue weighted by Gasteiger charge is -2.32. The summed E-state index contributed by atoms with van der Waals surface area (Å²) in [6.07, 6.45) is 1.50. The normalized spacial score (nSPS) is 16.9.